The number of carbonyl (C=O) groups excluding carboxylic acids is 3. The van der Waals surface area contributed by atoms with Crippen molar-refractivity contribution in [2.45, 2.75) is 13.8 Å². The molecule has 0 amide bonds. The van der Waals surface area contributed by atoms with Crippen LogP contribution in [0.1, 0.15) is 24.2 Å². The minimum Gasteiger partial charge on any atom is -0.493 e. The van der Waals surface area contributed by atoms with Crippen LogP contribution in [0.5, 0.6) is 11.5 Å². The molecule has 8 heteroatoms. The van der Waals surface area contributed by atoms with Gasteiger partial charge in [0.15, 0.2) is 11.5 Å². The van der Waals surface area contributed by atoms with Crippen LogP contribution in [0, 0.1) is 0 Å². The lowest BCUT2D eigenvalue weighted by atomic mass is 10.0. The number of methoxy groups -OCH3 is 1. The molecule has 34 heavy (non-hydrogen) atoms. The number of ether oxygens (including phenoxy) is 5. The number of hydrogen-bond acceptors (Lipinski definition) is 8. The first-order valence-corrected chi connectivity index (χ1v) is 10.5. The summed E-state index contributed by atoms with van der Waals surface area (Å²) >= 11 is 0. The fraction of sp³-hybridized carbons (Fsp3) is 0.269. The Morgan fingerprint density at radius 2 is 1.32 bits per heavy atom. The zero-order chi connectivity index (χ0) is 25.1. The van der Waals surface area contributed by atoms with Crippen molar-refractivity contribution in [2.24, 2.45) is 0 Å². The van der Waals surface area contributed by atoms with E-state index in [0.717, 1.165) is 11.1 Å². The quantitative estimate of drug-likeness (QED) is 0.198. The first-order chi connectivity index (χ1) is 16.2. The van der Waals surface area contributed by atoms with E-state index in [1.807, 2.05) is 0 Å². The molecule has 0 radical (unpaired) electrons. The molecule has 0 saturated heterocycles. The monoisotopic (exact) mass is 468 g/mol. The zero-order valence-corrected chi connectivity index (χ0v) is 19.6. The predicted molar refractivity (Wildman–Crippen MR) is 126 cm³/mol. The lowest BCUT2D eigenvalue weighted by Crippen LogP contribution is -2.14. The van der Waals surface area contributed by atoms with E-state index in [9.17, 15) is 14.4 Å². The summed E-state index contributed by atoms with van der Waals surface area (Å²) in [5.74, 6) is -0.811. The van der Waals surface area contributed by atoms with Crippen LogP contribution in [0.15, 0.2) is 66.8 Å². The van der Waals surface area contributed by atoms with Crippen LogP contribution < -0.4 is 9.47 Å². The maximum Gasteiger partial charge on any atom is 0.338 e. The minimum atomic E-state index is -0.537. The molecule has 0 fully saturated rings. The molecule has 0 spiro atoms. The molecule has 0 aliphatic carbocycles. The maximum atomic E-state index is 12.2. The predicted octanol–water partition coefficient (Wildman–Crippen LogP) is 4.14. The first-order valence-electron chi connectivity index (χ1n) is 10.5. The molecule has 2 aromatic carbocycles. The Balaban J connectivity index is 1.86. The molecule has 0 N–H and O–H groups in total. The van der Waals surface area contributed by atoms with E-state index >= 15 is 0 Å². The molecule has 0 aromatic heterocycles. The summed E-state index contributed by atoms with van der Waals surface area (Å²) in [5.41, 5.74) is 2.63. The average Bonchev–Trinajstić information content (AvgIpc) is 2.83. The van der Waals surface area contributed by atoms with Gasteiger partial charge in [-0.25, -0.2) is 14.4 Å². The van der Waals surface area contributed by atoms with Gasteiger partial charge in [-0.3, -0.25) is 0 Å². The second-order valence-corrected chi connectivity index (χ2v) is 7.28. The van der Waals surface area contributed by atoms with Crippen molar-refractivity contribution >= 4 is 17.9 Å². The SMILES string of the molecule is C=C(C)C(=O)OCCOCCOC(=O)c1ccc(-c2ccc(OC(=O)C(=C)C)c(OC)c2)cc1. The van der Waals surface area contributed by atoms with Gasteiger partial charge < -0.3 is 23.7 Å². The maximum absolute atomic E-state index is 12.2. The summed E-state index contributed by atoms with van der Waals surface area (Å²) in [6, 6.07) is 12.0. The molecular weight excluding hydrogens is 440 g/mol. The highest BCUT2D eigenvalue weighted by atomic mass is 16.6. The van der Waals surface area contributed by atoms with Crippen molar-refractivity contribution in [1.82, 2.24) is 0 Å². The molecule has 2 aromatic rings. The van der Waals surface area contributed by atoms with Gasteiger partial charge in [0.1, 0.15) is 13.2 Å². The Bertz CT molecular complexity index is 1050. The van der Waals surface area contributed by atoms with Gasteiger partial charge in [0, 0.05) is 11.1 Å². The van der Waals surface area contributed by atoms with Crippen molar-refractivity contribution in [3.8, 4) is 22.6 Å². The van der Waals surface area contributed by atoms with E-state index < -0.39 is 17.9 Å². The molecule has 0 aliphatic rings. The van der Waals surface area contributed by atoms with Gasteiger partial charge in [-0.2, -0.15) is 0 Å². The number of hydrogen-bond donors (Lipinski definition) is 0. The van der Waals surface area contributed by atoms with Gasteiger partial charge in [0.2, 0.25) is 0 Å². The first kappa shape index (κ1) is 26.3. The van der Waals surface area contributed by atoms with Crippen molar-refractivity contribution in [2.75, 3.05) is 33.5 Å². The second kappa shape index (κ2) is 13.0. The van der Waals surface area contributed by atoms with Crippen LogP contribution in [0.4, 0.5) is 0 Å². The average molecular weight is 469 g/mol. The standard InChI is InChI=1S/C26H28O8/c1-17(2)24(27)32-14-12-31-13-15-33-26(29)20-8-6-19(7-9-20)21-10-11-22(23(16-21)30-5)34-25(28)18(3)4/h6-11,16H,1,3,12-15H2,2,4-5H3. The van der Waals surface area contributed by atoms with Gasteiger partial charge in [0.05, 0.1) is 25.9 Å². The molecule has 0 heterocycles. The molecule has 180 valence electrons. The molecule has 0 bridgehead atoms. The highest BCUT2D eigenvalue weighted by Gasteiger charge is 2.13. The van der Waals surface area contributed by atoms with E-state index in [0.29, 0.717) is 16.9 Å². The summed E-state index contributed by atoms with van der Waals surface area (Å²) in [4.78, 5) is 35.2. The topological polar surface area (TPSA) is 97.4 Å². The van der Waals surface area contributed by atoms with E-state index in [-0.39, 0.29) is 37.8 Å². The number of carbonyl (C=O) groups is 3. The molecule has 8 nitrogen and oxygen atoms in total. The van der Waals surface area contributed by atoms with Crippen LogP contribution in [-0.4, -0.2) is 51.4 Å². The fourth-order valence-corrected chi connectivity index (χ4v) is 2.61. The van der Waals surface area contributed by atoms with Gasteiger partial charge in [-0.15, -0.1) is 0 Å². The van der Waals surface area contributed by atoms with Crippen molar-refractivity contribution in [3.05, 3.63) is 72.3 Å². The molecular formula is C26H28O8. The Morgan fingerprint density at radius 3 is 1.91 bits per heavy atom. The third-order valence-corrected chi connectivity index (χ3v) is 4.44. The van der Waals surface area contributed by atoms with Gasteiger partial charge in [-0.05, 0) is 49.2 Å². The molecule has 0 atom stereocenters. The highest BCUT2D eigenvalue weighted by Crippen LogP contribution is 2.33. The third kappa shape index (κ3) is 7.90. The van der Waals surface area contributed by atoms with Crippen molar-refractivity contribution < 1.29 is 38.1 Å². The number of esters is 3. The number of rotatable bonds is 12. The molecule has 0 unspecified atom stereocenters. The van der Waals surface area contributed by atoms with Crippen LogP contribution in [0.2, 0.25) is 0 Å². The van der Waals surface area contributed by atoms with Crippen LogP contribution in [0.25, 0.3) is 11.1 Å². The summed E-state index contributed by atoms with van der Waals surface area (Å²) in [7, 11) is 1.48. The minimum absolute atomic E-state index is 0.0661. The van der Waals surface area contributed by atoms with Crippen molar-refractivity contribution in [1.29, 1.82) is 0 Å². The van der Waals surface area contributed by atoms with Crippen LogP contribution >= 0.6 is 0 Å². The van der Waals surface area contributed by atoms with E-state index in [4.69, 9.17) is 23.7 Å². The highest BCUT2D eigenvalue weighted by molar-refractivity contribution is 5.90. The summed E-state index contributed by atoms with van der Waals surface area (Å²) < 4.78 is 25.9. The zero-order valence-electron chi connectivity index (χ0n) is 19.6. The normalized spacial score (nSPS) is 10.2. The number of benzene rings is 2. The third-order valence-electron chi connectivity index (χ3n) is 4.44. The largest absolute Gasteiger partial charge is 0.493 e. The lowest BCUT2D eigenvalue weighted by Gasteiger charge is -2.11. The Labute approximate surface area is 198 Å². The molecule has 0 aliphatic heterocycles. The summed E-state index contributed by atoms with van der Waals surface area (Å²) in [6.45, 7) is 10.7. The Kier molecular flexibility index (Phi) is 10.0. The fourth-order valence-electron chi connectivity index (χ4n) is 2.61. The lowest BCUT2D eigenvalue weighted by molar-refractivity contribution is -0.140. The Morgan fingerprint density at radius 1 is 0.735 bits per heavy atom. The summed E-state index contributed by atoms with van der Waals surface area (Å²) in [6.07, 6.45) is 0. The summed E-state index contributed by atoms with van der Waals surface area (Å²) in [5, 5.41) is 0. The van der Waals surface area contributed by atoms with Crippen LogP contribution in [0.3, 0.4) is 0 Å². The molecule has 0 saturated carbocycles. The van der Waals surface area contributed by atoms with Gasteiger partial charge >= 0.3 is 17.9 Å². The van der Waals surface area contributed by atoms with E-state index in [1.54, 1.807) is 56.3 Å². The van der Waals surface area contributed by atoms with Crippen LogP contribution in [-0.2, 0) is 23.8 Å². The van der Waals surface area contributed by atoms with Crippen molar-refractivity contribution in [3.63, 3.8) is 0 Å². The Hall–Kier alpha value is -3.91. The van der Waals surface area contributed by atoms with E-state index in [1.165, 1.54) is 7.11 Å². The second-order valence-electron chi connectivity index (χ2n) is 7.28. The molecule has 2 rings (SSSR count). The smallest absolute Gasteiger partial charge is 0.338 e. The van der Waals surface area contributed by atoms with E-state index in [2.05, 4.69) is 13.2 Å². The van der Waals surface area contributed by atoms with Gasteiger partial charge in [0.25, 0.3) is 0 Å². The van der Waals surface area contributed by atoms with Gasteiger partial charge in [-0.1, -0.05) is 31.4 Å².